The second-order valence-electron chi connectivity index (χ2n) is 6.70. The number of nitrogens with one attached hydrogen (secondary N) is 1. The zero-order chi connectivity index (χ0) is 17.6. The molecule has 4 rings (SSSR count). The molecule has 1 amide bonds. The number of halogens is 2. The van der Waals surface area contributed by atoms with Crippen molar-refractivity contribution < 1.29 is 4.79 Å². The molecule has 7 heteroatoms. The van der Waals surface area contributed by atoms with E-state index in [1.807, 2.05) is 22.7 Å². The molecule has 1 aromatic heterocycles. The number of benzene rings is 1. The molecule has 5 nitrogen and oxygen atoms in total. The summed E-state index contributed by atoms with van der Waals surface area (Å²) < 4.78 is 1.83. The number of aromatic nitrogens is 2. The summed E-state index contributed by atoms with van der Waals surface area (Å²) >= 11 is 12.4. The third-order valence-electron chi connectivity index (χ3n) is 5.17. The SMILES string of the molecule is CN(C(=O)c1nn(-c2ccc(Cl)cc2Cl)c2c1CCC2)C1CCNC1. The van der Waals surface area contributed by atoms with E-state index in [1.165, 1.54) is 0 Å². The molecule has 0 spiro atoms. The van der Waals surface area contributed by atoms with Gasteiger partial charge in [0.15, 0.2) is 5.69 Å². The van der Waals surface area contributed by atoms with E-state index >= 15 is 0 Å². The van der Waals surface area contributed by atoms with Gasteiger partial charge in [0.05, 0.1) is 10.7 Å². The molecule has 1 aromatic carbocycles. The largest absolute Gasteiger partial charge is 0.336 e. The number of amides is 1. The Hall–Kier alpha value is -1.56. The first kappa shape index (κ1) is 16.9. The van der Waals surface area contributed by atoms with Crippen LogP contribution in [-0.4, -0.2) is 46.8 Å². The number of hydrogen-bond acceptors (Lipinski definition) is 3. The predicted molar refractivity (Wildman–Crippen MR) is 99.0 cm³/mol. The van der Waals surface area contributed by atoms with Crippen LogP contribution in [0.1, 0.15) is 34.6 Å². The molecule has 1 atom stereocenters. The summed E-state index contributed by atoms with van der Waals surface area (Å²) in [5, 5.41) is 9.09. The molecule has 1 aliphatic carbocycles. The Morgan fingerprint density at radius 3 is 2.92 bits per heavy atom. The standard InChI is InChI=1S/C18H20Cl2N4O/c1-23(12-7-8-21-10-12)18(25)17-13-3-2-4-15(13)24(22-17)16-6-5-11(19)9-14(16)20/h5-6,9,12,21H,2-4,7-8,10H2,1H3. The van der Waals surface area contributed by atoms with E-state index in [-0.39, 0.29) is 11.9 Å². The molecule has 1 fully saturated rings. The van der Waals surface area contributed by atoms with E-state index in [2.05, 4.69) is 10.4 Å². The minimum Gasteiger partial charge on any atom is -0.336 e. The van der Waals surface area contributed by atoms with E-state index in [0.717, 1.165) is 55.7 Å². The molecule has 1 unspecified atom stereocenters. The van der Waals surface area contributed by atoms with Gasteiger partial charge in [0.25, 0.3) is 5.91 Å². The van der Waals surface area contributed by atoms with E-state index in [0.29, 0.717) is 15.7 Å². The third-order valence-corrected chi connectivity index (χ3v) is 5.71. The first-order chi connectivity index (χ1) is 12.1. The molecule has 1 saturated heterocycles. The second kappa shape index (κ2) is 6.63. The second-order valence-corrected chi connectivity index (χ2v) is 7.54. The molecule has 132 valence electrons. The van der Waals surface area contributed by atoms with Crippen molar-refractivity contribution in [1.29, 1.82) is 0 Å². The highest BCUT2D eigenvalue weighted by atomic mass is 35.5. The van der Waals surface area contributed by atoms with Gasteiger partial charge in [0.1, 0.15) is 0 Å². The van der Waals surface area contributed by atoms with Crippen LogP contribution in [0.3, 0.4) is 0 Å². The summed E-state index contributed by atoms with van der Waals surface area (Å²) in [6.07, 6.45) is 3.81. The molecule has 2 heterocycles. The highest BCUT2D eigenvalue weighted by Crippen LogP contribution is 2.32. The lowest BCUT2D eigenvalue weighted by Gasteiger charge is -2.23. The Morgan fingerprint density at radius 1 is 1.36 bits per heavy atom. The smallest absolute Gasteiger partial charge is 0.274 e. The Morgan fingerprint density at radius 2 is 2.20 bits per heavy atom. The van der Waals surface area contributed by atoms with Crippen LogP contribution in [-0.2, 0) is 12.8 Å². The number of rotatable bonds is 3. The van der Waals surface area contributed by atoms with Crippen molar-refractivity contribution in [2.45, 2.75) is 31.7 Å². The predicted octanol–water partition coefficient (Wildman–Crippen LogP) is 3.10. The van der Waals surface area contributed by atoms with Crippen LogP contribution in [0.5, 0.6) is 0 Å². The number of carbonyl (C=O) groups excluding carboxylic acids is 1. The van der Waals surface area contributed by atoms with Crippen LogP contribution in [0.4, 0.5) is 0 Å². The highest BCUT2D eigenvalue weighted by Gasteiger charge is 2.32. The Balaban J connectivity index is 1.74. The molecule has 25 heavy (non-hydrogen) atoms. The van der Waals surface area contributed by atoms with Crippen LogP contribution >= 0.6 is 23.2 Å². The van der Waals surface area contributed by atoms with E-state index < -0.39 is 0 Å². The molecule has 2 aromatic rings. The van der Waals surface area contributed by atoms with Crippen molar-refractivity contribution in [2.24, 2.45) is 0 Å². The summed E-state index contributed by atoms with van der Waals surface area (Å²) in [5.41, 5.74) is 3.49. The average Bonchev–Trinajstić information content (AvgIpc) is 3.31. The Labute approximate surface area is 156 Å². The van der Waals surface area contributed by atoms with Crippen molar-refractivity contribution in [2.75, 3.05) is 20.1 Å². The quantitative estimate of drug-likeness (QED) is 0.892. The lowest BCUT2D eigenvalue weighted by atomic mass is 10.1. The Bertz CT molecular complexity index is 827. The lowest BCUT2D eigenvalue weighted by molar-refractivity contribution is 0.0736. The van der Waals surface area contributed by atoms with Gasteiger partial charge in [0.2, 0.25) is 0 Å². The van der Waals surface area contributed by atoms with Crippen LogP contribution < -0.4 is 5.32 Å². The average molecular weight is 379 g/mol. The van der Waals surface area contributed by atoms with Crippen LogP contribution in [0, 0.1) is 0 Å². The maximum absolute atomic E-state index is 13.0. The first-order valence-electron chi connectivity index (χ1n) is 8.60. The van der Waals surface area contributed by atoms with Gasteiger partial charge in [-0.3, -0.25) is 4.79 Å². The van der Waals surface area contributed by atoms with Crippen LogP contribution in [0.2, 0.25) is 10.0 Å². The highest BCUT2D eigenvalue weighted by molar-refractivity contribution is 6.35. The third kappa shape index (κ3) is 2.94. The van der Waals surface area contributed by atoms with Gasteiger partial charge >= 0.3 is 0 Å². The number of likely N-dealkylation sites (N-methyl/N-ethyl adjacent to an activating group) is 1. The number of fused-ring (bicyclic) bond motifs is 1. The van der Waals surface area contributed by atoms with E-state index in [9.17, 15) is 4.79 Å². The molecular formula is C18H20Cl2N4O. The van der Waals surface area contributed by atoms with Gasteiger partial charge in [-0.2, -0.15) is 5.10 Å². The summed E-state index contributed by atoms with van der Waals surface area (Å²) in [6.45, 7) is 1.80. The molecule has 0 radical (unpaired) electrons. The van der Waals surface area contributed by atoms with Gasteiger partial charge < -0.3 is 10.2 Å². The van der Waals surface area contributed by atoms with E-state index in [4.69, 9.17) is 23.2 Å². The van der Waals surface area contributed by atoms with Crippen molar-refractivity contribution in [1.82, 2.24) is 20.0 Å². The van der Waals surface area contributed by atoms with E-state index in [1.54, 1.807) is 12.1 Å². The first-order valence-corrected chi connectivity index (χ1v) is 9.36. The van der Waals surface area contributed by atoms with Crippen LogP contribution in [0.25, 0.3) is 5.69 Å². The van der Waals surface area contributed by atoms with Gasteiger partial charge in [0, 0.05) is 35.9 Å². The van der Waals surface area contributed by atoms with Crippen molar-refractivity contribution >= 4 is 29.1 Å². The molecule has 0 saturated carbocycles. The zero-order valence-corrected chi connectivity index (χ0v) is 15.6. The molecule has 2 aliphatic rings. The van der Waals surface area contributed by atoms with Crippen molar-refractivity contribution in [3.63, 3.8) is 0 Å². The van der Waals surface area contributed by atoms with Crippen molar-refractivity contribution in [3.8, 4) is 5.69 Å². The summed E-state index contributed by atoms with van der Waals surface area (Å²) in [5.74, 6) is -0.00399. The van der Waals surface area contributed by atoms with Gasteiger partial charge in [-0.15, -0.1) is 0 Å². The summed E-state index contributed by atoms with van der Waals surface area (Å²) in [7, 11) is 1.87. The van der Waals surface area contributed by atoms with Crippen molar-refractivity contribution in [3.05, 3.63) is 45.2 Å². The minimum atomic E-state index is -0.00399. The van der Waals surface area contributed by atoms with Gasteiger partial charge in [-0.1, -0.05) is 23.2 Å². The fraction of sp³-hybridized carbons (Fsp3) is 0.444. The number of nitrogens with zero attached hydrogens (tertiary/aromatic N) is 3. The zero-order valence-electron chi connectivity index (χ0n) is 14.1. The molecular weight excluding hydrogens is 359 g/mol. The van der Waals surface area contributed by atoms with Gasteiger partial charge in [-0.05, 0) is 50.4 Å². The molecule has 0 bridgehead atoms. The minimum absolute atomic E-state index is 0.00399. The number of hydrogen-bond donors (Lipinski definition) is 1. The fourth-order valence-electron chi connectivity index (χ4n) is 3.76. The molecule has 1 aliphatic heterocycles. The monoisotopic (exact) mass is 378 g/mol. The topological polar surface area (TPSA) is 50.2 Å². The van der Waals surface area contributed by atoms with Gasteiger partial charge in [-0.25, -0.2) is 4.68 Å². The fourth-order valence-corrected chi connectivity index (χ4v) is 4.25. The number of carbonyl (C=O) groups is 1. The normalized spacial score (nSPS) is 19.2. The van der Waals surface area contributed by atoms with Crippen LogP contribution in [0.15, 0.2) is 18.2 Å². The lowest BCUT2D eigenvalue weighted by Crippen LogP contribution is -2.39. The summed E-state index contributed by atoms with van der Waals surface area (Å²) in [6, 6.07) is 5.59. The maximum Gasteiger partial charge on any atom is 0.274 e. The maximum atomic E-state index is 13.0. The summed E-state index contributed by atoms with van der Waals surface area (Å²) in [4.78, 5) is 14.9. The Kier molecular flexibility index (Phi) is 4.48. The molecule has 1 N–H and O–H groups in total.